The molecule has 0 unspecified atom stereocenters. The number of amidine groups is 1. The molecular formula is C17H20N2O2S+. The number of aliphatic imine (C=N–C) groups is 1. The van der Waals surface area contributed by atoms with Crippen LogP contribution < -0.4 is 15.5 Å². The van der Waals surface area contributed by atoms with Crippen molar-refractivity contribution in [2.45, 2.75) is 45.4 Å². The lowest BCUT2D eigenvalue weighted by Gasteiger charge is -2.09. The molecule has 22 heavy (non-hydrogen) atoms. The standard InChI is InChI=1S/C17H20N2O2S/c1-2-3-4-5-9-15(20)21-13-8-6-7-11-12(13)10-14-16(11)19-17(18)22-14/h6-8H,2-5,9-10,18H2,1H3/q+1. The molecule has 0 saturated carbocycles. The predicted molar refractivity (Wildman–Crippen MR) is 90.4 cm³/mol. The Hall–Kier alpha value is -1.75. The molecule has 4 nitrogen and oxygen atoms in total. The Balaban J connectivity index is 1.67. The zero-order chi connectivity index (χ0) is 15.5. The molecule has 0 saturated heterocycles. The van der Waals surface area contributed by atoms with Crippen molar-refractivity contribution in [1.82, 2.24) is 4.99 Å². The van der Waals surface area contributed by atoms with Crippen LogP contribution in [-0.2, 0) is 11.2 Å². The minimum atomic E-state index is -0.146. The quantitative estimate of drug-likeness (QED) is 0.497. The van der Waals surface area contributed by atoms with Crippen LogP contribution in [0.25, 0.3) is 5.70 Å². The van der Waals surface area contributed by atoms with Gasteiger partial charge in [-0.3, -0.25) is 10.5 Å². The first kappa shape index (κ1) is 15.2. The first-order chi connectivity index (χ1) is 10.7. The van der Waals surface area contributed by atoms with Gasteiger partial charge in [0.1, 0.15) is 5.75 Å². The van der Waals surface area contributed by atoms with Gasteiger partial charge >= 0.3 is 11.1 Å². The number of nitrogens with zero attached hydrogens (tertiary/aromatic N) is 1. The van der Waals surface area contributed by atoms with Gasteiger partial charge < -0.3 is 4.74 Å². The second kappa shape index (κ2) is 6.57. The van der Waals surface area contributed by atoms with E-state index < -0.39 is 0 Å². The molecule has 2 aliphatic rings. The predicted octanol–water partition coefficient (Wildman–Crippen LogP) is 3.18. The van der Waals surface area contributed by atoms with Crippen LogP contribution in [0.5, 0.6) is 5.75 Å². The number of rotatable bonds is 6. The Morgan fingerprint density at radius 1 is 1.36 bits per heavy atom. The summed E-state index contributed by atoms with van der Waals surface area (Å²) >= 11 is 1.51. The van der Waals surface area contributed by atoms with Crippen molar-refractivity contribution in [3.05, 3.63) is 34.2 Å². The summed E-state index contributed by atoms with van der Waals surface area (Å²) in [5, 5.41) is 0.592. The maximum Gasteiger partial charge on any atom is 0.355 e. The van der Waals surface area contributed by atoms with E-state index >= 15 is 0 Å². The molecule has 0 aromatic heterocycles. The molecule has 0 amide bonds. The van der Waals surface area contributed by atoms with E-state index in [1.54, 1.807) is 0 Å². The third-order valence-electron chi connectivity index (χ3n) is 3.90. The lowest BCUT2D eigenvalue weighted by atomic mass is 10.1. The fourth-order valence-corrected chi connectivity index (χ4v) is 3.65. The van der Waals surface area contributed by atoms with E-state index in [1.165, 1.54) is 24.6 Å². The summed E-state index contributed by atoms with van der Waals surface area (Å²) < 4.78 is 5.57. The Morgan fingerprint density at radius 3 is 3.05 bits per heavy atom. The Bertz CT molecular complexity index is 665. The number of fused-ring (bicyclic) bond motifs is 2. The molecule has 0 spiro atoms. The van der Waals surface area contributed by atoms with E-state index in [1.807, 2.05) is 18.2 Å². The van der Waals surface area contributed by atoms with Gasteiger partial charge in [-0.1, -0.05) is 32.3 Å². The van der Waals surface area contributed by atoms with E-state index in [-0.39, 0.29) is 5.97 Å². The van der Waals surface area contributed by atoms with Crippen LogP contribution in [-0.4, -0.2) is 11.1 Å². The molecule has 3 rings (SSSR count). The Kier molecular flexibility index (Phi) is 4.52. The molecule has 0 atom stereocenters. The molecule has 1 aliphatic heterocycles. The zero-order valence-electron chi connectivity index (χ0n) is 12.7. The van der Waals surface area contributed by atoms with Crippen LogP contribution in [0.2, 0.25) is 0 Å². The first-order valence-corrected chi connectivity index (χ1v) is 8.58. The van der Waals surface area contributed by atoms with Crippen LogP contribution >= 0.6 is 11.8 Å². The van der Waals surface area contributed by atoms with Crippen molar-refractivity contribution < 1.29 is 9.53 Å². The van der Waals surface area contributed by atoms with Gasteiger partial charge in [-0.2, -0.15) is 0 Å². The monoisotopic (exact) mass is 316 g/mol. The number of esters is 1. The first-order valence-electron chi connectivity index (χ1n) is 7.77. The van der Waals surface area contributed by atoms with Crippen molar-refractivity contribution in [3.8, 4) is 5.75 Å². The highest BCUT2D eigenvalue weighted by molar-refractivity contribution is 8.17. The van der Waals surface area contributed by atoms with Gasteiger partial charge in [0.15, 0.2) is 5.70 Å². The maximum absolute atomic E-state index is 12.0. The largest absolute Gasteiger partial charge is 0.426 e. The van der Waals surface area contributed by atoms with Gasteiger partial charge in [0.25, 0.3) is 0 Å². The van der Waals surface area contributed by atoms with Gasteiger partial charge in [0, 0.05) is 35.7 Å². The van der Waals surface area contributed by atoms with Gasteiger partial charge in [-0.15, -0.1) is 0 Å². The van der Waals surface area contributed by atoms with Crippen molar-refractivity contribution >= 4 is 28.6 Å². The fourth-order valence-electron chi connectivity index (χ4n) is 2.80. The van der Waals surface area contributed by atoms with Crippen LogP contribution in [0.3, 0.4) is 0 Å². The smallest absolute Gasteiger partial charge is 0.355 e. The van der Waals surface area contributed by atoms with E-state index in [9.17, 15) is 4.79 Å². The molecule has 1 radical (unpaired) electrons. The van der Waals surface area contributed by atoms with Crippen LogP contribution in [0.4, 0.5) is 0 Å². The average Bonchev–Trinajstić information content (AvgIpc) is 3.01. The molecule has 0 bridgehead atoms. The van der Waals surface area contributed by atoms with Crippen LogP contribution in [0.1, 0.15) is 50.2 Å². The third kappa shape index (κ3) is 3.04. The lowest BCUT2D eigenvalue weighted by molar-refractivity contribution is -0.134. The number of unbranched alkanes of at least 4 members (excludes halogenated alkanes) is 3. The molecule has 1 aliphatic carbocycles. The number of carbonyl (C=O) groups excluding carboxylic acids is 1. The Labute approximate surface area is 134 Å². The normalized spacial score (nSPS) is 15.6. The molecular weight excluding hydrogens is 296 g/mol. The molecule has 2 N–H and O–H groups in total. The summed E-state index contributed by atoms with van der Waals surface area (Å²) in [6.45, 7) is 2.16. The lowest BCUT2D eigenvalue weighted by Crippen LogP contribution is -2.11. The maximum atomic E-state index is 12.0. The van der Waals surface area contributed by atoms with Crippen LogP contribution in [0, 0.1) is 0 Å². The second-order valence-electron chi connectivity index (χ2n) is 5.57. The minimum Gasteiger partial charge on any atom is -0.426 e. The fraction of sp³-hybridized carbons (Fsp3) is 0.412. The average molecular weight is 316 g/mol. The number of ether oxygens (including phenoxy) is 1. The molecule has 1 heterocycles. The van der Waals surface area contributed by atoms with Gasteiger partial charge in [0.2, 0.25) is 0 Å². The molecule has 0 fully saturated rings. The van der Waals surface area contributed by atoms with Gasteiger partial charge in [-0.05, 0) is 23.5 Å². The number of thioether (sulfide) groups is 1. The number of nitrogens with two attached hydrogens (primary N) is 1. The summed E-state index contributed by atoms with van der Waals surface area (Å²) in [6.07, 6.45) is 5.54. The van der Waals surface area contributed by atoms with E-state index in [2.05, 4.69) is 11.9 Å². The van der Waals surface area contributed by atoms with Gasteiger partial charge in [0.05, 0.1) is 4.91 Å². The van der Waals surface area contributed by atoms with E-state index in [4.69, 9.17) is 10.5 Å². The van der Waals surface area contributed by atoms with Crippen molar-refractivity contribution in [1.29, 1.82) is 0 Å². The van der Waals surface area contributed by atoms with Crippen molar-refractivity contribution in [2.75, 3.05) is 0 Å². The molecule has 1 aromatic carbocycles. The highest BCUT2D eigenvalue weighted by Crippen LogP contribution is 2.43. The summed E-state index contributed by atoms with van der Waals surface area (Å²) in [7, 11) is 0. The molecule has 115 valence electrons. The summed E-state index contributed by atoms with van der Waals surface area (Å²) in [6, 6.07) is 5.78. The highest BCUT2D eigenvalue weighted by Gasteiger charge is 2.35. The summed E-state index contributed by atoms with van der Waals surface area (Å²) in [5.41, 5.74) is 8.80. The number of hydrogen-bond donors (Lipinski definition) is 1. The number of carbonyl (C=O) groups is 1. The number of allylic oxidation sites excluding steroid dienone is 1. The molecule has 1 aromatic rings. The third-order valence-corrected chi connectivity index (χ3v) is 4.78. The second-order valence-corrected chi connectivity index (χ2v) is 6.68. The highest BCUT2D eigenvalue weighted by atomic mass is 32.2. The van der Waals surface area contributed by atoms with Gasteiger partial charge in [-0.25, -0.2) is 0 Å². The summed E-state index contributed by atoms with van der Waals surface area (Å²) in [5.74, 6) is 0.522. The minimum absolute atomic E-state index is 0.146. The Morgan fingerprint density at radius 2 is 2.23 bits per heavy atom. The summed E-state index contributed by atoms with van der Waals surface area (Å²) in [4.78, 5) is 17.5. The molecule has 5 heteroatoms. The SMILES string of the molecule is CCCCCCC(=O)Oc1cccc2c1CC1=C2[N+]=C(N)S1. The van der Waals surface area contributed by atoms with Crippen molar-refractivity contribution in [3.63, 3.8) is 0 Å². The zero-order valence-corrected chi connectivity index (χ0v) is 13.5. The number of hydrogen-bond acceptors (Lipinski definition) is 5. The number of benzene rings is 1. The van der Waals surface area contributed by atoms with Crippen LogP contribution in [0.15, 0.2) is 23.1 Å². The van der Waals surface area contributed by atoms with E-state index in [0.29, 0.717) is 17.3 Å². The van der Waals surface area contributed by atoms with Crippen molar-refractivity contribution in [2.24, 2.45) is 5.73 Å². The topological polar surface area (TPSA) is 66.4 Å². The van der Waals surface area contributed by atoms with E-state index in [0.717, 1.165) is 41.0 Å².